The molecule has 2 nitrogen and oxygen atoms in total. The summed E-state index contributed by atoms with van der Waals surface area (Å²) in [6.07, 6.45) is 5.59. The third kappa shape index (κ3) is 2.39. The SMILES string of the molecule is CCC(O)Cc1ccc2c(c1)C=CCN2. The predicted octanol–water partition coefficient (Wildman–Crippen LogP) is 2.44. The lowest BCUT2D eigenvalue weighted by molar-refractivity contribution is 0.171. The molecule has 0 saturated heterocycles. The van der Waals surface area contributed by atoms with E-state index in [0.29, 0.717) is 0 Å². The molecule has 80 valence electrons. The Morgan fingerprint density at radius 3 is 3.13 bits per heavy atom. The average molecular weight is 203 g/mol. The van der Waals surface area contributed by atoms with Crippen molar-refractivity contribution < 1.29 is 5.11 Å². The molecular formula is C13H17NO. The molecule has 0 aromatic heterocycles. The topological polar surface area (TPSA) is 32.3 Å². The number of hydrogen-bond donors (Lipinski definition) is 2. The number of rotatable bonds is 3. The molecule has 0 saturated carbocycles. The molecule has 1 heterocycles. The summed E-state index contributed by atoms with van der Waals surface area (Å²) in [7, 11) is 0. The van der Waals surface area contributed by atoms with E-state index in [4.69, 9.17) is 0 Å². The fourth-order valence-corrected chi connectivity index (χ4v) is 1.81. The first-order chi connectivity index (χ1) is 7.29. The number of nitrogens with one attached hydrogen (secondary N) is 1. The molecule has 15 heavy (non-hydrogen) atoms. The molecule has 1 aliphatic heterocycles. The minimum absolute atomic E-state index is 0.219. The largest absolute Gasteiger partial charge is 0.393 e. The number of aliphatic hydroxyl groups is 1. The van der Waals surface area contributed by atoms with Crippen molar-refractivity contribution in [2.75, 3.05) is 11.9 Å². The lowest BCUT2D eigenvalue weighted by Gasteiger charge is -2.15. The minimum atomic E-state index is -0.219. The molecule has 2 heteroatoms. The van der Waals surface area contributed by atoms with Crippen molar-refractivity contribution in [2.45, 2.75) is 25.9 Å². The Bertz CT molecular complexity index is 371. The maximum atomic E-state index is 9.58. The number of anilines is 1. The molecule has 2 N–H and O–H groups in total. The van der Waals surface area contributed by atoms with Crippen LogP contribution in [0.3, 0.4) is 0 Å². The average Bonchev–Trinajstić information content (AvgIpc) is 2.29. The van der Waals surface area contributed by atoms with Crippen LogP contribution in [0.15, 0.2) is 24.3 Å². The second kappa shape index (κ2) is 4.49. The van der Waals surface area contributed by atoms with Crippen LogP contribution in [0.5, 0.6) is 0 Å². The van der Waals surface area contributed by atoms with Crippen LogP contribution >= 0.6 is 0 Å². The lowest BCUT2D eigenvalue weighted by atomic mass is 10.0. The van der Waals surface area contributed by atoms with Crippen LogP contribution in [0, 0.1) is 0 Å². The van der Waals surface area contributed by atoms with Crippen LogP contribution in [-0.2, 0) is 6.42 Å². The molecule has 0 amide bonds. The number of hydrogen-bond acceptors (Lipinski definition) is 2. The summed E-state index contributed by atoms with van der Waals surface area (Å²) in [6.45, 7) is 2.91. The van der Waals surface area contributed by atoms with E-state index in [2.05, 4.69) is 35.7 Å². The van der Waals surface area contributed by atoms with Gasteiger partial charge in [-0.05, 0) is 36.1 Å². The summed E-state index contributed by atoms with van der Waals surface area (Å²) in [5.74, 6) is 0. The van der Waals surface area contributed by atoms with Crippen molar-refractivity contribution in [1.82, 2.24) is 0 Å². The minimum Gasteiger partial charge on any atom is -0.393 e. The van der Waals surface area contributed by atoms with Crippen molar-refractivity contribution >= 4 is 11.8 Å². The fourth-order valence-electron chi connectivity index (χ4n) is 1.81. The highest BCUT2D eigenvalue weighted by Crippen LogP contribution is 2.22. The molecule has 0 spiro atoms. The van der Waals surface area contributed by atoms with E-state index in [1.807, 2.05) is 6.92 Å². The van der Waals surface area contributed by atoms with Crippen LogP contribution in [0.2, 0.25) is 0 Å². The molecule has 0 fully saturated rings. The third-order valence-electron chi connectivity index (χ3n) is 2.77. The van der Waals surface area contributed by atoms with Gasteiger partial charge in [0, 0.05) is 12.2 Å². The van der Waals surface area contributed by atoms with Gasteiger partial charge in [-0.15, -0.1) is 0 Å². The fraction of sp³-hybridized carbons (Fsp3) is 0.385. The predicted molar refractivity (Wildman–Crippen MR) is 64.0 cm³/mol. The molecular weight excluding hydrogens is 186 g/mol. The molecule has 0 aliphatic carbocycles. The molecule has 1 aromatic carbocycles. The summed E-state index contributed by atoms with van der Waals surface area (Å²) in [6, 6.07) is 6.33. The van der Waals surface area contributed by atoms with Crippen LogP contribution in [0.4, 0.5) is 5.69 Å². The second-order valence-electron chi connectivity index (χ2n) is 3.97. The lowest BCUT2D eigenvalue weighted by Crippen LogP contribution is -2.09. The monoisotopic (exact) mass is 203 g/mol. The van der Waals surface area contributed by atoms with Crippen LogP contribution in [0.1, 0.15) is 24.5 Å². The second-order valence-corrected chi connectivity index (χ2v) is 3.97. The zero-order chi connectivity index (χ0) is 10.7. The molecule has 1 aliphatic rings. The van der Waals surface area contributed by atoms with Gasteiger partial charge in [-0.25, -0.2) is 0 Å². The summed E-state index contributed by atoms with van der Waals surface area (Å²) in [4.78, 5) is 0. The van der Waals surface area contributed by atoms with Crippen LogP contribution in [0.25, 0.3) is 6.08 Å². The highest BCUT2D eigenvalue weighted by molar-refractivity contribution is 5.70. The highest BCUT2D eigenvalue weighted by Gasteiger charge is 2.07. The normalized spacial score (nSPS) is 15.6. The van der Waals surface area contributed by atoms with Gasteiger partial charge < -0.3 is 10.4 Å². The van der Waals surface area contributed by atoms with Gasteiger partial charge in [-0.2, -0.15) is 0 Å². The summed E-state index contributed by atoms with van der Waals surface area (Å²) in [5.41, 5.74) is 3.62. The summed E-state index contributed by atoms with van der Waals surface area (Å²) < 4.78 is 0. The van der Waals surface area contributed by atoms with E-state index < -0.39 is 0 Å². The Labute approximate surface area is 90.6 Å². The molecule has 1 unspecified atom stereocenters. The van der Waals surface area contributed by atoms with E-state index in [9.17, 15) is 5.11 Å². The van der Waals surface area contributed by atoms with E-state index >= 15 is 0 Å². The van der Waals surface area contributed by atoms with Crippen molar-refractivity contribution in [3.05, 3.63) is 35.4 Å². The zero-order valence-corrected chi connectivity index (χ0v) is 9.03. The first-order valence-corrected chi connectivity index (χ1v) is 5.51. The smallest absolute Gasteiger partial charge is 0.0577 e. The van der Waals surface area contributed by atoms with E-state index in [1.165, 1.54) is 16.8 Å². The van der Waals surface area contributed by atoms with Gasteiger partial charge in [0.2, 0.25) is 0 Å². The number of benzene rings is 1. The van der Waals surface area contributed by atoms with E-state index in [-0.39, 0.29) is 6.10 Å². The molecule has 0 bridgehead atoms. The number of aliphatic hydroxyl groups excluding tert-OH is 1. The standard InChI is InChI=1S/C13H17NO/c1-2-12(15)9-10-5-6-13-11(8-10)4-3-7-14-13/h3-6,8,12,14-15H,2,7,9H2,1H3. The van der Waals surface area contributed by atoms with Gasteiger partial charge in [0.05, 0.1) is 6.10 Å². The Morgan fingerprint density at radius 1 is 1.47 bits per heavy atom. The summed E-state index contributed by atoms with van der Waals surface area (Å²) >= 11 is 0. The quantitative estimate of drug-likeness (QED) is 0.790. The molecule has 2 rings (SSSR count). The number of fused-ring (bicyclic) bond motifs is 1. The Balaban J connectivity index is 2.18. The van der Waals surface area contributed by atoms with Gasteiger partial charge in [0.25, 0.3) is 0 Å². The van der Waals surface area contributed by atoms with Crippen molar-refractivity contribution in [3.8, 4) is 0 Å². The first kappa shape index (κ1) is 10.2. The summed E-state index contributed by atoms with van der Waals surface area (Å²) in [5, 5.41) is 12.9. The van der Waals surface area contributed by atoms with Crippen LogP contribution < -0.4 is 5.32 Å². The highest BCUT2D eigenvalue weighted by atomic mass is 16.3. The Morgan fingerprint density at radius 2 is 2.33 bits per heavy atom. The van der Waals surface area contributed by atoms with Gasteiger partial charge >= 0.3 is 0 Å². The Hall–Kier alpha value is -1.28. The van der Waals surface area contributed by atoms with Gasteiger partial charge in [-0.1, -0.05) is 25.1 Å². The molecule has 1 aromatic rings. The maximum absolute atomic E-state index is 9.58. The molecule has 1 atom stereocenters. The van der Waals surface area contributed by atoms with Gasteiger partial charge in [0.15, 0.2) is 0 Å². The van der Waals surface area contributed by atoms with Gasteiger partial charge in [-0.3, -0.25) is 0 Å². The third-order valence-corrected chi connectivity index (χ3v) is 2.77. The van der Waals surface area contributed by atoms with Crippen LogP contribution in [-0.4, -0.2) is 17.8 Å². The first-order valence-electron chi connectivity index (χ1n) is 5.51. The van der Waals surface area contributed by atoms with E-state index in [1.54, 1.807) is 0 Å². The van der Waals surface area contributed by atoms with Crippen molar-refractivity contribution in [2.24, 2.45) is 0 Å². The Kier molecular flexibility index (Phi) is 3.07. The van der Waals surface area contributed by atoms with Crippen molar-refractivity contribution in [3.63, 3.8) is 0 Å². The maximum Gasteiger partial charge on any atom is 0.0577 e. The van der Waals surface area contributed by atoms with E-state index in [0.717, 1.165) is 19.4 Å². The van der Waals surface area contributed by atoms with Crippen molar-refractivity contribution in [1.29, 1.82) is 0 Å². The molecule has 0 radical (unpaired) electrons. The van der Waals surface area contributed by atoms with Gasteiger partial charge in [0.1, 0.15) is 0 Å². The zero-order valence-electron chi connectivity index (χ0n) is 9.03.